The molecule has 0 radical (unpaired) electrons. The summed E-state index contributed by atoms with van der Waals surface area (Å²) in [5, 5.41) is 0. The molecule has 2 heterocycles. The number of benzene rings is 2. The third-order valence-electron chi connectivity index (χ3n) is 6.01. The van der Waals surface area contributed by atoms with E-state index in [0.29, 0.717) is 6.67 Å². The van der Waals surface area contributed by atoms with Gasteiger partial charge in [0.1, 0.15) is 12.6 Å². The van der Waals surface area contributed by atoms with Gasteiger partial charge < -0.3 is 14.5 Å². The number of anilines is 2. The molecule has 2 aromatic carbocycles. The zero-order valence-corrected chi connectivity index (χ0v) is 18.5. The summed E-state index contributed by atoms with van der Waals surface area (Å²) in [4.78, 5) is 32.2. The van der Waals surface area contributed by atoms with E-state index in [2.05, 4.69) is 29.2 Å². The van der Waals surface area contributed by atoms with E-state index < -0.39 is 6.04 Å². The average Bonchev–Trinajstić information content (AvgIpc) is 2.99. The number of amides is 3. The monoisotopic (exact) mass is 423 g/mol. The second-order valence-electron chi connectivity index (χ2n) is 8.49. The second-order valence-corrected chi connectivity index (χ2v) is 8.49. The van der Waals surface area contributed by atoms with Crippen LogP contribution in [-0.4, -0.2) is 62.9 Å². The standard InChI is InChI=1S/C24H30N4O3/c1-18-4-8-22(9-5-18)28-19(2)23(29)27(24(28)30)17-25(3)16-20-6-10-21(11-7-20)26-12-14-31-15-13-26/h4-11,19H,12-17H2,1-3H3/p+1/t19-/m0/s1. The molecule has 0 aliphatic carbocycles. The highest BCUT2D eigenvalue weighted by molar-refractivity contribution is 6.13. The van der Waals surface area contributed by atoms with Crippen molar-refractivity contribution in [2.45, 2.75) is 26.4 Å². The molecule has 0 spiro atoms. The molecule has 2 fully saturated rings. The molecule has 1 unspecified atom stereocenters. The van der Waals surface area contributed by atoms with Gasteiger partial charge in [-0.15, -0.1) is 0 Å². The number of quaternary nitrogens is 1. The summed E-state index contributed by atoms with van der Waals surface area (Å²) < 4.78 is 5.42. The van der Waals surface area contributed by atoms with Gasteiger partial charge in [-0.2, -0.15) is 0 Å². The number of aryl methyl sites for hydroxylation is 1. The van der Waals surface area contributed by atoms with Crippen molar-refractivity contribution in [3.63, 3.8) is 0 Å². The Morgan fingerprint density at radius 1 is 0.968 bits per heavy atom. The van der Waals surface area contributed by atoms with Crippen LogP contribution in [0.4, 0.5) is 16.2 Å². The number of carbonyl (C=O) groups excluding carboxylic acids is 2. The van der Waals surface area contributed by atoms with Crippen molar-refractivity contribution in [3.8, 4) is 0 Å². The number of carbonyl (C=O) groups is 2. The van der Waals surface area contributed by atoms with Gasteiger partial charge in [-0.3, -0.25) is 9.69 Å². The zero-order chi connectivity index (χ0) is 22.0. The summed E-state index contributed by atoms with van der Waals surface area (Å²) in [6, 6.07) is 15.5. The summed E-state index contributed by atoms with van der Waals surface area (Å²) in [7, 11) is 2.01. The fraction of sp³-hybridized carbons (Fsp3) is 0.417. The molecule has 1 N–H and O–H groups in total. The maximum absolute atomic E-state index is 13.0. The summed E-state index contributed by atoms with van der Waals surface area (Å²) in [6.45, 7) is 8.24. The molecular weight excluding hydrogens is 392 g/mol. The Balaban J connectivity index is 1.38. The minimum atomic E-state index is -0.490. The predicted molar refractivity (Wildman–Crippen MR) is 120 cm³/mol. The fourth-order valence-corrected chi connectivity index (χ4v) is 4.23. The van der Waals surface area contributed by atoms with Gasteiger partial charge in [0, 0.05) is 30.0 Å². The van der Waals surface area contributed by atoms with E-state index in [1.807, 2.05) is 38.2 Å². The van der Waals surface area contributed by atoms with E-state index in [1.54, 1.807) is 11.8 Å². The molecule has 4 rings (SSSR count). The lowest BCUT2D eigenvalue weighted by Gasteiger charge is -2.29. The summed E-state index contributed by atoms with van der Waals surface area (Å²) >= 11 is 0. The van der Waals surface area contributed by atoms with E-state index >= 15 is 0 Å². The molecule has 2 aromatic rings. The third-order valence-corrected chi connectivity index (χ3v) is 6.01. The van der Waals surface area contributed by atoms with Gasteiger partial charge in [-0.1, -0.05) is 29.8 Å². The van der Waals surface area contributed by atoms with Gasteiger partial charge >= 0.3 is 6.03 Å². The number of ether oxygens (including phenoxy) is 1. The van der Waals surface area contributed by atoms with Crippen molar-refractivity contribution in [1.82, 2.24) is 4.90 Å². The number of imide groups is 1. The molecule has 0 aromatic heterocycles. The van der Waals surface area contributed by atoms with E-state index in [4.69, 9.17) is 4.74 Å². The normalized spacial score (nSPS) is 20.5. The Morgan fingerprint density at radius 3 is 2.23 bits per heavy atom. The predicted octanol–water partition coefficient (Wildman–Crippen LogP) is 1.66. The van der Waals surface area contributed by atoms with E-state index in [-0.39, 0.29) is 11.9 Å². The van der Waals surface area contributed by atoms with E-state index in [0.717, 1.165) is 49.0 Å². The molecule has 7 heteroatoms. The molecule has 3 amide bonds. The summed E-state index contributed by atoms with van der Waals surface area (Å²) in [5.74, 6) is -0.146. The van der Waals surface area contributed by atoms with Crippen molar-refractivity contribution >= 4 is 23.3 Å². The van der Waals surface area contributed by atoms with Crippen LogP contribution in [0.15, 0.2) is 48.5 Å². The maximum Gasteiger partial charge on any atom is 0.336 e. The smallest absolute Gasteiger partial charge is 0.336 e. The Morgan fingerprint density at radius 2 is 1.58 bits per heavy atom. The number of nitrogens with one attached hydrogen (secondary N) is 1. The Labute approximate surface area is 183 Å². The Bertz CT molecular complexity index is 923. The molecule has 0 bridgehead atoms. The first-order chi connectivity index (χ1) is 14.9. The number of hydrogen-bond donors (Lipinski definition) is 1. The van der Waals surface area contributed by atoms with Gasteiger partial charge in [0.25, 0.3) is 5.91 Å². The molecule has 164 valence electrons. The summed E-state index contributed by atoms with van der Waals surface area (Å²) in [6.07, 6.45) is 0. The molecule has 2 aliphatic rings. The van der Waals surface area contributed by atoms with Gasteiger partial charge in [0.05, 0.1) is 20.3 Å². The number of rotatable bonds is 6. The highest BCUT2D eigenvalue weighted by Crippen LogP contribution is 2.25. The topological polar surface area (TPSA) is 57.5 Å². The minimum absolute atomic E-state index is 0.146. The fourth-order valence-electron chi connectivity index (χ4n) is 4.23. The minimum Gasteiger partial charge on any atom is -0.378 e. The Kier molecular flexibility index (Phi) is 6.25. The van der Waals surface area contributed by atoms with Gasteiger partial charge in [-0.25, -0.2) is 9.69 Å². The van der Waals surface area contributed by atoms with Crippen molar-refractivity contribution in [2.24, 2.45) is 0 Å². The molecule has 0 saturated carbocycles. The van der Waals surface area contributed by atoms with Gasteiger partial charge in [-0.05, 0) is 38.1 Å². The first-order valence-corrected chi connectivity index (χ1v) is 10.9. The SMILES string of the molecule is Cc1ccc(N2C(=O)N(C[NH+](C)Cc3ccc(N4CCOCC4)cc3)C(=O)[C@@H]2C)cc1. The van der Waals surface area contributed by atoms with Crippen LogP contribution in [0.5, 0.6) is 0 Å². The molecular formula is C24H31N4O3+. The van der Waals surface area contributed by atoms with Crippen molar-refractivity contribution in [1.29, 1.82) is 0 Å². The van der Waals surface area contributed by atoms with E-state index in [1.165, 1.54) is 16.2 Å². The van der Waals surface area contributed by atoms with Crippen LogP contribution in [0.2, 0.25) is 0 Å². The van der Waals surface area contributed by atoms with Crippen molar-refractivity contribution in [3.05, 3.63) is 59.7 Å². The molecule has 2 saturated heterocycles. The number of nitrogens with zero attached hydrogens (tertiary/aromatic N) is 3. The first-order valence-electron chi connectivity index (χ1n) is 10.9. The van der Waals surface area contributed by atoms with Crippen LogP contribution >= 0.6 is 0 Å². The quantitative estimate of drug-likeness (QED) is 0.718. The molecule has 2 aliphatic heterocycles. The van der Waals surface area contributed by atoms with Crippen LogP contribution in [0.25, 0.3) is 0 Å². The largest absolute Gasteiger partial charge is 0.378 e. The van der Waals surface area contributed by atoms with Gasteiger partial charge in [0.2, 0.25) is 0 Å². The zero-order valence-electron chi connectivity index (χ0n) is 18.5. The molecule has 7 nitrogen and oxygen atoms in total. The average molecular weight is 424 g/mol. The lowest BCUT2D eigenvalue weighted by Crippen LogP contribution is -3.09. The van der Waals surface area contributed by atoms with Crippen molar-refractivity contribution in [2.75, 3.05) is 49.8 Å². The van der Waals surface area contributed by atoms with E-state index in [9.17, 15) is 9.59 Å². The first kappa shape index (κ1) is 21.3. The van der Waals surface area contributed by atoms with Gasteiger partial charge in [0.15, 0.2) is 6.67 Å². The maximum atomic E-state index is 13.0. The van der Waals surface area contributed by atoms with Crippen LogP contribution in [0.3, 0.4) is 0 Å². The summed E-state index contributed by atoms with van der Waals surface area (Å²) in [5.41, 5.74) is 4.26. The number of morpholine rings is 1. The Hall–Kier alpha value is -2.90. The molecule has 31 heavy (non-hydrogen) atoms. The second kappa shape index (κ2) is 9.08. The van der Waals surface area contributed by atoms with Crippen LogP contribution < -0.4 is 14.7 Å². The number of hydrogen-bond acceptors (Lipinski definition) is 4. The lowest BCUT2D eigenvalue weighted by molar-refractivity contribution is -0.901. The van der Waals surface area contributed by atoms with Crippen LogP contribution in [0.1, 0.15) is 18.1 Å². The van der Waals surface area contributed by atoms with Crippen LogP contribution in [-0.2, 0) is 16.1 Å². The molecule has 2 atom stereocenters. The number of urea groups is 1. The highest BCUT2D eigenvalue weighted by atomic mass is 16.5. The third kappa shape index (κ3) is 4.57. The lowest BCUT2D eigenvalue weighted by atomic mass is 10.2. The van der Waals surface area contributed by atoms with Crippen LogP contribution in [0, 0.1) is 6.92 Å². The van der Waals surface area contributed by atoms with Crippen molar-refractivity contribution < 1.29 is 19.2 Å². The highest BCUT2D eigenvalue weighted by Gasteiger charge is 2.44.